The van der Waals surface area contributed by atoms with Crippen LogP contribution in [0.1, 0.15) is 32.3 Å². The van der Waals surface area contributed by atoms with Crippen LogP contribution in [0.4, 0.5) is 10.5 Å². The Morgan fingerprint density at radius 2 is 2.04 bits per heavy atom. The number of benzene rings is 1. The quantitative estimate of drug-likeness (QED) is 0.350. The number of hydrogen-bond acceptors (Lipinski definition) is 5. The predicted molar refractivity (Wildman–Crippen MR) is 87.1 cm³/mol. The van der Waals surface area contributed by atoms with Gasteiger partial charge in [-0.2, -0.15) is 0 Å². The van der Waals surface area contributed by atoms with Gasteiger partial charge in [0.2, 0.25) is 0 Å². The molecule has 0 aliphatic carbocycles. The van der Waals surface area contributed by atoms with Gasteiger partial charge in [-0.1, -0.05) is 0 Å². The second kappa shape index (κ2) is 9.52. The van der Waals surface area contributed by atoms with Gasteiger partial charge >= 0.3 is 12.0 Å². The molecule has 8 heteroatoms. The Labute approximate surface area is 135 Å². The van der Waals surface area contributed by atoms with E-state index < -0.39 is 12.0 Å². The predicted octanol–water partition coefficient (Wildman–Crippen LogP) is 1.78. The van der Waals surface area contributed by atoms with Gasteiger partial charge in [0.25, 0.3) is 0 Å². The Bertz CT molecular complexity index is 534. The molecule has 8 nitrogen and oxygen atoms in total. The van der Waals surface area contributed by atoms with E-state index in [-0.39, 0.29) is 12.5 Å². The van der Waals surface area contributed by atoms with Crippen molar-refractivity contribution >= 4 is 17.7 Å². The molecule has 23 heavy (non-hydrogen) atoms. The third-order valence-corrected chi connectivity index (χ3v) is 2.77. The number of carbonyl (C=O) groups excluding carboxylic acids is 1. The summed E-state index contributed by atoms with van der Waals surface area (Å²) < 4.78 is 5.64. The number of ether oxygens (including phenoxy) is 1. The molecule has 0 aromatic heterocycles. The van der Waals surface area contributed by atoms with Crippen LogP contribution in [-0.2, 0) is 4.79 Å². The molecule has 0 saturated heterocycles. The number of carboxylic acid groups (broad SMARTS) is 1. The van der Waals surface area contributed by atoms with Crippen molar-refractivity contribution in [3.8, 4) is 5.75 Å². The van der Waals surface area contributed by atoms with Crippen molar-refractivity contribution in [2.45, 2.75) is 39.7 Å². The van der Waals surface area contributed by atoms with Crippen molar-refractivity contribution < 1.29 is 19.4 Å². The fourth-order valence-corrected chi connectivity index (χ4v) is 1.76. The zero-order chi connectivity index (χ0) is 17.2. The summed E-state index contributed by atoms with van der Waals surface area (Å²) in [5.41, 5.74) is 9.54. The van der Waals surface area contributed by atoms with Gasteiger partial charge < -0.3 is 20.6 Å². The Morgan fingerprint density at radius 1 is 1.30 bits per heavy atom. The van der Waals surface area contributed by atoms with E-state index in [9.17, 15) is 9.59 Å². The second-order valence-electron chi connectivity index (χ2n) is 5.28. The smallest absolute Gasteiger partial charge is 0.330 e. The maximum absolute atomic E-state index is 11.4. The van der Waals surface area contributed by atoms with Crippen molar-refractivity contribution in [1.82, 2.24) is 16.3 Å². The third kappa shape index (κ3) is 7.91. The molecule has 0 fully saturated rings. The maximum Gasteiger partial charge on any atom is 0.330 e. The Hall–Kier alpha value is -2.48. The first-order valence-electron chi connectivity index (χ1n) is 7.42. The molecule has 128 valence electrons. The van der Waals surface area contributed by atoms with E-state index in [2.05, 4.69) is 21.7 Å². The lowest BCUT2D eigenvalue weighted by Gasteiger charge is -2.15. The maximum atomic E-state index is 11.4. The number of carboxylic acids is 1. The minimum Gasteiger partial charge on any atom is -0.491 e. The van der Waals surface area contributed by atoms with Crippen molar-refractivity contribution in [2.75, 3.05) is 12.0 Å². The average molecular weight is 324 g/mol. The Morgan fingerprint density at radius 3 is 2.65 bits per heavy atom. The van der Waals surface area contributed by atoms with Gasteiger partial charge in [-0.15, -0.1) is 5.53 Å². The van der Waals surface area contributed by atoms with Crippen LogP contribution in [0.25, 0.3) is 0 Å². The van der Waals surface area contributed by atoms with Crippen molar-refractivity contribution in [1.29, 1.82) is 0 Å². The Kier molecular flexibility index (Phi) is 7.69. The van der Waals surface area contributed by atoms with Crippen LogP contribution in [0.15, 0.2) is 18.2 Å². The fraction of sp³-hybridized carbons (Fsp3) is 0.467. The van der Waals surface area contributed by atoms with Crippen LogP contribution in [0.3, 0.4) is 0 Å². The third-order valence-electron chi connectivity index (χ3n) is 2.77. The van der Waals surface area contributed by atoms with Crippen LogP contribution < -0.4 is 26.4 Å². The number of carbonyl (C=O) groups is 2. The molecule has 5 N–H and O–H groups in total. The zero-order valence-corrected chi connectivity index (χ0v) is 13.6. The van der Waals surface area contributed by atoms with Gasteiger partial charge in [0.05, 0.1) is 11.8 Å². The van der Waals surface area contributed by atoms with E-state index in [0.29, 0.717) is 13.0 Å². The molecule has 1 rings (SSSR count). The molecule has 0 spiro atoms. The highest BCUT2D eigenvalue weighted by molar-refractivity contribution is 5.73. The standard InChI is InChI=1S/C15H24N4O4/c1-10(2)23-13-7-6-12(9-11(13)3)17-19-18-15(22)16-8-4-5-14(20)21/h6-7,9-10,17,19H,4-5,8H2,1-3H3,(H,20,21)(H2,16,18,22). The Balaban J connectivity index is 2.28. The first-order valence-corrected chi connectivity index (χ1v) is 7.42. The number of amides is 2. The summed E-state index contributed by atoms with van der Waals surface area (Å²) in [5.74, 6) is -0.0676. The second-order valence-corrected chi connectivity index (χ2v) is 5.28. The molecule has 1 aromatic carbocycles. The van der Waals surface area contributed by atoms with Crippen molar-refractivity contribution in [3.05, 3.63) is 23.8 Å². The largest absolute Gasteiger partial charge is 0.491 e. The monoisotopic (exact) mass is 324 g/mol. The fourth-order valence-electron chi connectivity index (χ4n) is 1.76. The first-order chi connectivity index (χ1) is 10.9. The molecule has 0 heterocycles. The van der Waals surface area contributed by atoms with Crippen molar-refractivity contribution in [2.24, 2.45) is 0 Å². The molecule has 1 aromatic rings. The molecule has 0 aliphatic heterocycles. The zero-order valence-electron chi connectivity index (χ0n) is 13.6. The van der Waals surface area contributed by atoms with Gasteiger partial charge in [-0.25, -0.2) is 4.79 Å². The summed E-state index contributed by atoms with van der Waals surface area (Å²) in [7, 11) is 0. The molecule has 0 bridgehead atoms. The highest BCUT2D eigenvalue weighted by Gasteiger charge is 2.04. The van der Waals surface area contributed by atoms with Crippen LogP contribution in [0.2, 0.25) is 0 Å². The van der Waals surface area contributed by atoms with Gasteiger partial charge in [0, 0.05) is 13.0 Å². The number of anilines is 1. The topological polar surface area (TPSA) is 112 Å². The van der Waals surface area contributed by atoms with E-state index >= 15 is 0 Å². The van der Waals surface area contributed by atoms with Crippen LogP contribution in [-0.4, -0.2) is 29.8 Å². The molecular weight excluding hydrogens is 300 g/mol. The van der Waals surface area contributed by atoms with E-state index in [1.807, 2.05) is 39.0 Å². The summed E-state index contributed by atoms with van der Waals surface area (Å²) in [6.07, 6.45) is 0.514. The number of hydrazine groups is 2. The highest BCUT2D eigenvalue weighted by atomic mass is 16.5. The molecule has 2 amide bonds. The summed E-state index contributed by atoms with van der Waals surface area (Å²) in [4.78, 5) is 21.8. The normalized spacial score (nSPS) is 10.3. The molecule has 0 atom stereocenters. The average Bonchev–Trinajstić information content (AvgIpc) is 2.46. The van der Waals surface area contributed by atoms with E-state index in [1.165, 1.54) is 0 Å². The van der Waals surface area contributed by atoms with Gasteiger partial charge in [-0.3, -0.25) is 10.2 Å². The van der Waals surface area contributed by atoms with Crippen molar-refractivity contribution in [3.63, 3.8) is 0 Å². The number of nitrogens with one attached hydrogen (secondary N) is 4. The molecule has 0 unspecified atom stereocenters. The molecular formula is C15H24N4O4. The summed E-state index contributed by atoms with van der Waals surface area (Å²) in [6, 6.07) is 5.12. The first kappa shape index (κ1) is 18.6. The summed E-state index contributed by atoms with van der Waals surface area (Å²) in [5, 5.41) is 11.0. The number of aliphatic carboxylic acids is 1. The number of aryl methyl sites for hydroxylation is 1. The lowest BCUT2D eigenvalue weighted by molar-refractivity contribution is -0.137. The van der Waals surface area contributed by atoms with Gasteiger partial charge in [-0.05, 0) is 51.0 Å². The summed E-state index contributed by atoms with van der Waals surface area (Å²) >= 11 is 0. The number of hydrogen-bond donors (Lipinski definition) is 5. The van der Waals surface area contributed by atoms with E-state index in [0.717, 1.165) is 17.0 Å². The van der Waals surface area contributed by atoms with Gasteiger partial charge in [0.15, 0.2) is 0 Å². The number of rotatable bonds is 9. The number of urea groups is 1. The molecule has 0 aliphatic rings. The lowest BCUT2D eigenvalue weighted by Crippen LogP contribution is -2.47. The summed E-state index contributed by atoms with van der Waals surface area (Å²) in [6.45, 7) is 6.16. The minimum atomic E-state index is -0.882. The van der Waals surface area contributed by atoms with Gasteiger partial charge in [0.1, 0.15) is 5.75 Å². The van der Waals surface area contributed by atoms with Crippen LogP contribution in [0, 0.1) is 6.92 Å². The minimum absolute atomic E-state index is 0.0238. The molecule has 0 radical (unpaired) electrons. The van der Waals surface area contributed by atoms with Crippen LogP contribution in [0.5, 0.6) is 5.75 Å². The highest BCUT2D eigenvalue weighted by Crippen LogP contribution is 2.22. The molecule has 0 saturated carbocycles. The lowest BCUT2D eigenvalue weighted by atomic mass is 10.2. The van der Waals surface area contributed by atoms with E-state index in [4.69, 9.17) is 9.84 Å². The van der Waals surface area contributed by atoms with E-state index in [1.54, 1.807) is 0 Å². The SMILES string of the molecule is Cc1cc(NNNC(=O)NCCCC(=O)O)ccc1OC(C)C. The van der Waals surface area contributed by atoms with Crippen LogP contribution >= 0.6 is 0 Å².